The number of nitrogens with zero attached hydrogens (tertiary/aromatic N) is 2. The minimum atomic E-state index is -0.536. The van der Waals surface area contributed by atoms with Crippen molar-refractivity contribution in [3.8, 4) is 0 Å². The van der Waals surface area contributed by atoms with E-state index in [0.29, 0.717) is 25.3 Å². The van der Waals surface area contributed by atoms with Crippen molar-refractivity contribution in [3.05, 3.63) is 21.9 Å². The first-order valence-corrected chi connectivity index (χ1v) is 6.49. The van der Waals surface area contributed by atoms with E-state index in [1.807, 2.05) is 17.7 Å². The number of nitrogens with two attached hydrogens (primary N) is 1. The molecule has 1 aliphatic heterocycles. The van der Waals surface area contributed by atoms with Crippen LogP contribution in [0.3, 0.4) is 0 Å². The number of amides is 1. The Morgan fingerprint density at radius 2 is 2.44 bits per heavy atom. The summed E-state index contributed by atoms with van der Waals surface area (Å²) >= 11 is 1.50. The average molecular weight is 269 g/mol. The molecule has 0 saturated carbocycles. The molecule has 1 saturated heterocycles. The maximum Gasteiger partial charge on any atom is 0.255 e. The summed E-state index contributed by atoms with van der Waals surface area (Å²) in [6.45, 7) is 3.12. The molecule has 7 heteroatoms. The highest BCUT2D eigenvalue weighted by atomic mass is 32.1. The van der Waals surface area contributed by atoms with Gasteiger partial charge in [0.2, 0.25) is 0 Å². The number of ether oxygens (including phenoxy) is 1. The molecule has 1 aromatic rings. The number of amidine groups is 1. The molecule has 1 aliphatic rings. The van der Waals surface area contributed by atoms with Crippen molar-refractivity contribution in [2.24, 2.45) is 10.9 Å². The first kappa shape index (κ1) is 12.8. The molecule has 0 aliphatic carbocycles. The highest BCUT2D eigenvalue weighted by Crippen LogP contribution is 2.17. The van der Waals surface area contributed by atoms with E-state index in [4.69, 9.17) is 15.7 Å². The molecule has 1 amide bonds. The van der Waals surface area contributed by atoms with E-state index in [-0.39, 0.29) is 11.7 Å². The van der Waals surface area contributed by atoms with Crippen LogP contribution in [0, 0.1) is 6.92 Å². The summed E-state index contributed by atoms with van der Waals surface area (Å²) in [5.41, 5.74) is 7.18. The summed E-state index contributed by atoms with van der Waals surface area (Å²) in [6, 6.07) is 0. The minimum Gasteiger partial charge on any atom is -0.409 e. The molecule has 1 unspecified atom stereocenters. The Morgan fingerprint density at radius 3 is 3.06 bits per heavy atom. The maximum absolute atomic E-state index is 12.3. The van der Waals surface area contributed by atoms with Crippen LogP contribution in [0.2, 0.25) is 0 Å². The number of carbonyl (C=O) groups is 1. The number of carbonyl (C=O) groups excluding carboxylic acids is 1. The van der Waals surface area contributed by atoms with Crippen molar-refractivity contribution in [2.45, 2.75) is 13.0 Å². The third-order valence-electron chi connectivity index (χ3n) is 2.88. The van der Waals surface area contributed by atoms with Crippen LogP contribution < -0.4 is 5.73 Å². The van der Waals surface area contributed by atoms with Crippen LogP contribution in [-0.2, 0) is 4.74 Å². The fourth-order valence-corrected chi connectivity index (χ4v) is 2.65. The molecular weight excluding hydrogens is 254 g/mol. The van der Waals surface area contributed by atoms with Crippen molar-refractivity contribution in [3.63, 3.8) is 0 Å². The van der Waals surface area contributed by atoms with Crippen molar-refractivity contribution < 1.29 is 14.7 Å². The van der Waals surface area contributed by atoms with Crippen molar-refractivity contribution >= 4 is 23.1 Å². The number of aryl methyl sites for hydroxylation is 1. The van der Waals surface area contributed by atoms with Gasteiger partial charge in [0, 0.05) is 11.9 Å². The molecule has 2 rings (SSSR count). The van der Waals surface area contributed by atoms with Gasteiger partial charge in [-0.3, -0.25) is 4.79 Å². The average Bonchev–Trinajstić information content (AvgIpc) is 2.83. The van der Waals surface area contributed by atoms with Crippen LogP contribution in [-0.4, -0.2) is 47.7 Å². The largest absolute Gasteiger partial charge is 0.409 e. The molecule has 1 atom stereocenters. The Morgan fingerprint density at radius 1 is 1.67 bits per heavy atom. The molecule has 3 N–H and O–H groups in total. The second kappa shape index (κ2) is 5.36. The zero-order valence-corrected chi connectivity index (χ0v) is 10.8. The van der Waals surface area contributed by atoms with E-state index in [1.54, 1.807) is 4.90 Å². The van der Waals surface area contributed by atoms with E-state index in [2.05, 4.69) is 5.16 Å². The number of hydrogen-bond donors (Lipinski definition) is 2. The molecule has 98 valence electrons. The van der Waals surface area contributed by atoms with Crippen LogP contribution >= 0.6 is 11.3 Å². The van der Waals surface area contributed by atoms with Crippen molar-refractivity contribution in [2.75, 3.05) is 19.7 Å². The summed E-state index contributed by atoms with van der Waals surface area (Å²) in [7, 11) is 0. The Kier molecular flexibility index (Phi) is 3.83. The van der Waals surface area contributed by atoms with E-state index in [0.717, 1.165) is 5.56 Å². The van der Waals surface area contributed by atoms with Gasteiger partial charge < -0.3 is 20.6 Å². The first-order valence-electron chi connectivity index (χ1n) is 5.54. The lowest BCUT2D eigenvalue weighted by atomic mass is 10.1. The molecule has 0 radical (unpaired) electrons. The Hall–Kier alpha value is -1.60. The Labute approximate surface area is 109 Å². The van der Waals surface area contributed by atoms with E-state index < -0.39 is 6.10 Å². The third-order valence-corrected chi connectivity index (χ3v) is 3.75. The normalized spacial score (nSPS) is 21.1. The zero-order valence-electron chi connectivity index (χ0n) is 10.00. The van der Waals surface area contributed by atoms with Crippen LogP contribution in [0.1, 0.15) is 15.9 Å². The third kappa shape index (κ3) is 2.46. The van der Waals surface area contributed by atoms with E-state index >= 15 is 0 Å². The Balaban J connectivity index is 2.10. The number of oxime groups is 1. The highest BCUT2D eigenvalue weighted by Gasteiger charge is 2.28. The van der Waals surface area contributed by atoms with Gasteiger partial charge in [0.1, 0.15) is 6.10 Å². The fourth-order valence-electron chi connectivity index (χ4n) is 1.83. The van der Waals surface area contributed by atoms with Crippen LogP contribution in [0.4, 0.5) is 0 Å². The standard InChI is InChI=1S/C11H15N3O3S/c1-7-5-18-6-8(7)11(15)14-2-3-17-9(4-14)10(12)13-16/h5-6,9,16H,2-4H2,1H3,(H2,12,13). The monoisotopic (exact) mass is 269 g/mol. The van der Waals surface area contributed by atoms with Crippen LogP contribution in [0.5, 0.6) is 0 Å². The zero-order chi connectivity index (χ0) is 13.1. The second-order valence-corrected chi connectivity index (χ2v) is 4.85. The molecule has 6 nitrogen and oxygen atoms in total. The second-order valence-electron chi connectivity index (χ2n) is 4.10. The molecule has 2 heterocycles. The summed E-state index contributed by atoms with van der Waals surface area (Å²) in [5.74, 6) is -0.0395. The molecule has 0 bridgehead atoms. The quantitative estimate of drug-likeness (QED) is 0.357. The lowest BCUT2D eigenvalue weighted by molar-refractivity contribution is 0.00675. The van der Waals surface area contributed by atoms with Gasteiger partial charge in [-0.1, -0.05) is 5.16 Å². The highest BCUT2D eigenvalue weighted by molar-refractivity contribution is 7.08. The first-order chi connectivity index (χ1) is 8.63. The SMILES string of the molecule is Cc1cscc1C(=O)N1CCOC(C(N)=NO)C1. The van der Waals surface area contributed by atoms with Gasteiger partial charge >= 0.3 is 0 Å². The summed E-state index contributed by atoms with van der Waals surface area (Å²) in [6.07, 6.45) is -0.536. The van der Waals surface area contributed by atoms with E-state index in [1.165, 1.54) is 11.3 Å². The molecule has 0 aromatic carbocycles. The van der Waals surface area contributed by atoms with E-state index in [9.17, 15) is 4.79 Å². The molecule has 1 fully saturated rings. The molecule has 18 heavy (non-hydrogen) atoms. The Bertz CT molecular complexity index is 472. The van der Waals surface area contributed by atoms with Gasteiger partial charge in [0.25, 0.3) is 5.91 Å². The number of thiophene rings is 1. The van der Waals surface area contributed by atoms with Gasteiger partial charge in [-0.05, 0) is 17.9 Å². The van der Waals surface area contributed by atoms with Crippen LogP contribution in [0.25, 0.3) is 0 Å². The predicted octanol–water partition coefficient (Wildman–Crippen LogP) is 0.644. The van der Waals surface area contributed by atoms with Crippen molar-refractivity contribution in [1.29, 1.82) is 0 Å². The van der Waals surface area contributed by atoms with Gasteiger partial charge in [0.05, 0.1) is 18.7 Å². The minimum absolute atomic E-state index is 0.00506. The van der Waals surface area contributed by atoms with Gasteiger partial charge in [-0.15, -0.1) is 0 Å². The number of hydrogen-bond acceptors (Lipinski definition) is 5. The maximum atomic E-state index is 12.3. The fraction of sp³-hybridized carbons (Fsp3) is 0.455. The summed E-state index contributed by atoms with van der Waals surface area (Å²) in [4.78, 5) is 13.9. The lowest BCUT2D eigenvalue weighted by Crippen LogP contribution is -2.50. The van der Waals surface area contributed by atoms with Gasteiger partial charge in [-0.2, -0.15) is 11.3 Å². The molecular formula is C11H15N3O3S. The lowest BCUT2D eigenvalue weighted by Gasteiger charge is -2.32. The van der Waals surface area contributed by atoms with Crippen molar-refractivity contribution in [1.82, 2.24) is 4.90 Å². The summed E-state index contributed by atoms with van der Waals surface area (Å²) in [5, 5.41) is 15.3. The number of rotatable bonds is 2. The number of morpholine rings is 1. The molecule has 0 spiro atoms. The topological polar surface area (TPSA) is 88.2 Å². The smallest absolute Gasteiger partial charge is 0.255 e. The summed E-state index contributed by atoms with van der Waals surface area (Å²) < 4.78 is 5.35. The molecule has 1 aromatic heterocycles. The van der Waals surface area contributed by atoms with Crippen LogP contribution in [0.15, 0.2) is 15.9 Å². The van der Waals surface area contributed by atoms with Gasteiger partial charge in [-0.25, -0.2) is 0 Å². The van der Waals surface area contributed by atoms with Gasteiger partial charge in [0.15, 0.2) is 5.84 Å². The predicted molar refractivity (Wildman–Crippen MR) is 68.1 cm³/mol.